The SMILES string of the molecule is Cc1c(Cl)cccc1NC(=O)Cc1csc(SCc2ccc(Br)cc2)n1. The van der Waals surface area contributed by atoms with Crippen LogP contribution < -0.4 is 5.32 Å². The maximum absolute atomic E-state index is 12.3. The molecular weight excluding hydrogens is 452 g/mol. The van der Waals surface area contributed by atoms with Gasteiger partial charge in [-0.05, 0) is 42.3 Å². The molecule has 0 radical (unpaired) electrons. The molecule has 26 heavy (non-hydrogen) atoms. The van der Waals surface area contributed by atoms with E-state index in [4.69, 9.17) is 11.6 Å². The number of hydrogen-bond donors (Lipinski definition) is 1. The molecule has 0 aliphatic rings. The van der Waals surface area contributed by atoms with Crippen LogP contribution in [0, 0.1) is 6.92 Å². The monoisotopic (exact) mass is 466 g/mol. The molecule has 3 aromatic rings. The third-order valence-corrected chi connectivity index (χ3v) is 6.77. The van der Waals surface area contributed by atoms with Crippen molar-refractivity contribution in [2.24, 2.45) is 0 Å². The van der Waals surface area contributed by atoms with Crippen molar-refractivity contribution in [1.82, 2.24) is 4.98 Å². The van der Waals surface area contributed by atoms with E-state index >= 15 is 0 Å². The Labute approximate surface area is 174 Å². The number of benzene rings is 2. The summed E-state index contributed by atoms with van der Waals surface area (Å²) >= 11 is 12.8. The van der Waals surface area contributed by atoms with Gasteiger partial charge in [-0.25, -0.2) is 4.98 Å². The smallest absolute Gasteiger partial charge is 0.230 e. The number of carbonyl (C=O) groups excluding carboxylic acids is 1. The van der Waals surface area contributed by atoms with Crippen molar-refractivity contribution < 1.29 is 4.79 Å². The van der Waals surface area contributed by atoms with Crippen molar-refractivity contribution in [3.8, 4) is 0 Å². The van der Waals surface area contributed by atoms with Crippen LogP contribution in [0.5, 0.6) is 0 Å². The molecule has 0 atom stereocenters. The summed E-state index contributed by atoms with van der Waals surface area (Å²) in [4.78, 5) is 16.8. The summed E-state index contributed by atoms with van der Waals surface area (Å²) in [7, 11) is 0. The summed E-state index contributed by atoms with van der Waals surface area (Å²) in [5.41, 5.74) is 3.63. The Hall–Kier alpha value is -1.34. The van der Waals surface area contributed by atoms with Crippen molar-refractivity contribution in [3.63, 3.8) is 0 Å². The lowest BCUT2D eigenvalue weighted by Crippen LogP contribution is -2.15. The highest BCUT2D eigenvalue weighted by Crippen LogP contribution is 2.27. The number of halogens is 2. The summed E-state index contributed by atoms with van der Waals surface area (Å²) < 4.78 is 2.04. The minimum Gasteiger partial charge on any atom is -0.325 e. The molecule has 1 aromatic heterocycles. The van der Waals surface area contributed by atoms with Crippen LogP contribution in [0.25, 0.3) is 0 Å². The second-order valence-electron chi connectivity index (χ2n) is 5.66. The zero-order valence-corrected chi connectivity index (χ0v) is 17.9. The molecule has 0 fully saturated rings. The van der Waals surface area contributed by atoms with E-state index in [1.807, 2.05) is 42.6 Å². The van der Waals surface area contributed by atoms with Crippen LogP contribution in [0.1, 0.15) is 16.8 Å². The molecule has 134 valence electrons. The van der Waals surface area contributed by atoms with Gasteiger partial charge in [0, 0.05) is 26.3 Å². The van der Waals surface area contributed by atoms with Crippen molar-refractivity contribution >= 4 is 62.2 Å². The number of aromatic nitrogens is 1. The number of thioether (sulfide) groups is 1. The average Bonchev–Trinajstić information content (AvgIpc) is 3.06. The molecule has 0 aliphatic heterocycles. The molecule has 2 aromatic carbocycles. The Morgan fingerprint density at radius 2 is 2.04 bits per heavy atom. The maximum atomic E-state index is 12.3. The Morgan fingerprint density at radius 3 is 2.81 bits per heavy atom. The second kappa shape index (κ2) is 9.04. The first-order chi connectivity index (χ1) is 12.5. The summed E-state index contributed by atoms with van der Waals surface area (Å²) in [5.74, 6) is 0.763. The van der Waals surface area contributed by atoms with Crippen LogP contribution in [0.15, 0.2) is 56.7 Å². The van der Waals surface area contributed by atoms with E-state index < -0.39 is 0 Å². The molecule has 1 N–H and O–H groups in total. The highest BCUT2D eigenvalue weighted by molar-refractivity contribution is 9.10. The van der Waals surface area contributed by atoms with E-state index in [0.29, 0.717) is 5.02 Å². The van der Waals surface area contributed by atoms with Crippen LogP contribution in [-0.4, -0.2) is 10.9 Å². The fourth-order valence-corrected chi connectivity index (χ4v) is 4.50. The van der Waals surface area contributed by atoms with Crippen molar-refractivity contribution in [3.05, 3.63) is 74.2 Å². The van der Waals surface area contributed by atoms with Crippen molar-refractivity contribution in [2.75, 3.05) is 5.32 Å². The normalized spacial score (nSPS) is 10.7. The van der Waals surface area contributed by atoms with Gasteiger partial charge in [0.05, 0.1) is 12.1 Å². The molecule has 0 bridgehead atoms. The number of hydrogen-bond acceptors (Lipinski definition) is 4. The number of rotatable bonds is 6. The van der Waals surface area contributed by atoms with Gasteiger partial charge in [-0.3, -0.25) is 4.79 Å². The second-order valence-corrected chi connectivity index (χ2v) is 9.06. The molecule has 0 saturated heterocycles. The van der Waals surface area contributed by atoms with E-state index in [1.165, 1.54) is 5.56 Å². The molecule has 3 nitrogen and oxygen atoms in total. The average molecular weight is 468 g/mol. The van der Waals surface area contributed by atoms with E-state index in [9.17, 15) is 4.79 Å². The van der Waals surface area contributed by atoms with Gasteiger partial charge in [-0.15, -0.1) is 11.3 Å². The van der Waals surface area contributed by atoms with Gasteiger partial charge < -0.3 is 5.32 Å². The molecule has 1 amide bonds. The fourth-order valence-electron chi connectivity index (χ4n) is 2.26. The molecule has 0 saturated carbocycles. The third kappa shape index (κ3) is 5.33. The summed E-state index contributed by atoms with van der Waals surface area (Å²) in [6.07, 6.45) is 0.251. The van der Waals surface area contributed by atoms with E-state index in [2.05, 4.69) is 38.4 Å². The van der Waals surface area contributed by atoms with Gasteiger partial charge >= 0.3 is 0 Å². The molecule has 7 heteroatoms. The highest BCUT2D eigenvalue weighted by atomic mass is 79.9. The van der Waals surface area contributed by atoms with Crippen molar-refractivity contribution in [2.45, 2.75) is 23.4 Å². The lowest BCUT2D eigenvalue weighted by molar-refractivity contribution is -0.115. The van der Waals surface area contributed by atoms with Gasteiger partial charge in [0.25, 0.3) is 0 Å². The Kier molecular flexibility index (Phi) is 6.75. The third-order valence-electron chi connectivity index (χ3n) is 3.69. The number of amides is 1. The minimum absolute atomic E-state index is 0.0925. The Bertz CT molecular complexity index is 912. The summed E-state index contributed by atoms with van der Waals surface area (Å²) in [6.45, 7) is 1.89. The first kappa shape index (κ1) is 19.4. The standard InChI is InChI=1S/C19H16BrClN2OS2/c1-12-16(21)3-2-4-17(12)23-18(24)9-15-11-26-19(22-15)25-10-13-5-7-14(20)8-6-13/h2-8,11H,9-10H2,1H3,(H,23,24). The lowest BCUT2D eigenvalue weighted by atomic mass is 10.2. The van der Waals surface area contributed by atoms with Crippen molar-refractivity contribution in [1.29, 1.82) is 0 Å². The van der Waals surface area contributed by atoms with Gasteiger partial charge in [-0.2, -0.15) is 0 Å². The van der Waals surface area contributed by atoms with E-state index in [-0.39, 0.29) is 12.3 Å². The zero-order chi connectivity index (χ0) is 18.5. The highest BCUT2D eigenvalue weighted by Gasteiger charge is 2.11. The number of nitrogens with one attached hydrogen (secondary N) is 1. The Balaban J connectivity index is 1.55. The van der Waals surface area contributed by atoms with Crippen LogP contribution in [0.3, 0.4) is 0 Å². The lowest BCUT2D eigenvalue weighted by Gasteiger charge is -2.08. The predicted octanol–water partition coefficient (Wildman–Crippen LogP) is 6.34. The first-order valence-electron chi connectivity index (χ1n) is 7.88. The van der Waals surface area contributed by atoms with Crippen LogP contribution in [0.2, 0.25) is 5.02 Å². The first-order valence-corrected chi connectivity index (χ1v) is 10.9. The predicted molar refractivity (Wildman–Crippen MR) is 114 cm³/mol. The number of thiazole rings is 1. The number of carbonyl (C=O) groups is 1. The quantitative estimate of drug-likeness (QED) is 0.430. The molecule has 3 rings (SSSR count). The van der Waals surface area contributed by atoms with E-state index in [1.54, 1.807) is 23.1 Å². The molecular formula is C19H16BrClN2OS2. The number of nitrogens with zero attached hydrogens (tertiary/aromatic N) is 1. The maximum Gasteiger partial charge on any atom is 0.230 e. The topological polar surface area (TPSA) is 42.0 Å². The van der Waals surface area contributed by atoms with Gasteiger partial charge in [0.15, 0.2) is 0 Å². The molecule has 0 aliphatic carbocycles. The fraction of sp³-hybridized carbons (Fsp3) is 0.158. The van der Waals surface area contributed by atoms with Gasteiger partial charge in [0.1, 0.15) is 4.34 Å². The van der Waals surface area contributed by atoms with Crippen LogP contribution >= 0.6 is 50.6 Å². The van der Waals surface area contributed by atoms with Gasteiger partial charge in [0.2, 0.25) is 5.91 Å². The summed E-state index contributed by atoms with van der Waals surface area (Å²) in [6, 6.07) is 13.7. The Morgan fingerprint density at radius 1 is 1.27 bits per heavy atom. The van der Waals surface area contributed by atoms with Crippen LogP contribution in [0.4, 0.5) is 5.69 Å². The van der Waals surface area contributed by atoms with Gasteiger partial charge in [-0.1, -0.05) is 57.5 Å². The zero-order valence-electron chi connectivity index (χ0n) is 14.0. The minimum atomic E-state index is -0.0925. The largest absolute Gasteiger partial charge is 0.325 e. The summed E-state index contributed by atoms with van der Waals surface area (Å²) in [5, 5.41) is 5.48. The number of anilines is 1. The van der Waals surface area contributed by atoms with E-state index in [0.717, 1.165) is 31.5 Å². The molecule has 0 unspecified atom stereocenters. The van der Waals surface area contributed by atoms with Crippen LogP contribution in [-0.2, 0) is 17.0 Å². The molecule has 0 spiro atoms. The molecule has 1 heterocycles.